The van der Waals surface area contributed by atoms with Gasteiger partial charge >= 0.3 is 12.0 Å². The van der Waals surface area contributed by atoms with Crippen LogP contribution in [0.3, 0.4) is 0 Å². The van der Waals surface area contributed by atoms with Crippen molar-refractivity contribution in [3.05, 3.63) is 0 Å². The van der Waals surface area contributed by atoms with E-state index in [-0.39, 0.29) is 19.5 Å². The van der Waals surface area contributed by atoms with Crippen LogP contribution in [0, 0.1) is 0 Å². The molecule has 0 saturated carbocycles. The van der Waals surface area contributed by atoms with E-state index in [9.17, 15) is 19.2 Å². The Bertz CT molecular complexity index is 317. The number of rotatable bonds is 7. The summed E-state index contributed by atoms with van der Waals surface area (Å²) in [5.41, 5.74) is 4.84. The molecule has 96 valence electrons. The predicted octanol–water partition coefficient (Wildman–Crippen LogP) is -2.64. The molecule has 0 aromatic heterocycles. The summed E-state index contributed by atoms with van der Waals surface area (Å²) in [6.07, 6.45) is -0.00136. The first-order valence-electron chi connectivity index (χ1n) is 4.70. The van der Waals surface area contributed by atoms with Gasteiger partial charge in [0.1, 0.15) is 6.54 Å². The molecule has 0 aliphatic heterocycles. The number of carboxylic acids is 1. The number of amides is 4. The number of carbonyl (C=O) groups is 4. The monoisotopic (exact) mass is 246 g/mol. The minimum absolute atomic E-state index is 0.00136. The van der Waals surface area contributed by atoms with Crippen LogP contribution in [0.1, 0.15) is 6.42 Å². The predicted molar refractivity (Wildman–Crippen MR) is 55.9 cm³/mol. The Kier molecular flexibility index (Phi) is 6.83. The van der Waals surface area contributed by atoms with Gasteiger partial charge in [0.25, 0.3) is 0 Å². The average Bonchev–Trinajstić information content (AvgIpc) is 2.23. The largest absolute Gasteiger partial charge is 0.480 e. The lowest BCUT2D eigenvalue weighted by Crippen LogP contribution is -2.43. The van der Waals surface area contributed by atoms with Crippen LogP contribution in [0.4, 0.5) is 4.79 Å². The number of carbonyl (C=O) groups excluding carboxylic acids is 3. The van der Waals surface area contributed by atoms with Crippen molar-refractivity contribution in [1.82, 2.24) is 16.0 Å². The highest BCUT2D eigenvalue weighted by Gasteiger charge is 2.06. The molecule has 0 aliphatic carbocycles. The quantitative estimate of drug-likeness (QED) is 0.332. The zero-order chi connectivity index (χ0) is 13.3. The molecule has 0 aromatic rings. The molecular formula is C8H14N4O5. The lowest BCUT2D eigenvalue weighted by Gasteiger charge is -2.06. The summed E-state index contributed by atoms with van der Waals surface area (Å²) < 4.78 is 0. The second kappa shape index (κ2) is 7.91. The third-order valence-electron chi connectivity index (χ3n) is 1.50. The molecule has 0 unspecified atom stereocenters. The van der Waals surface area contributed by atoms with Crippen molar-refractivity contribution in [3.63, 3.8) is 0 Å². The Morgan fingerprint density at radius 1 is 1.00 bits per heavy atom. The molecule has 17 heavy (non-hydrogen) atoms. The molecule has 0 atom stereocenters. The maximum atomic E-state index is 11.0. The summed E-state index contributed by atoms with van der Waals surface area (Å²) in [6, 6.07) is -0.642. The number of urea groups is 1. The van der Waals surface area contributed by atoms with Crippen molar-refractivity contribution in [2.45, 2.75) is 6.42 Å². The normalized spacial score (nSPS) is 9.18. The maximum Gasteiger partial charge on any atom is 0.322 e. The van der Waals surface area contributed by atoms with E-state index >= 15 is 0 Å². The van der Waals surface area contributed by atoms with E-state index in [0.717, 1.165) is 0 Å². The van der Waals surface area contributed by atoms with Crippen molar-refractivity contribution in [1.29, 1.82) is 0 Å². The molecule has 9 nitrogen and oxygen atoms in total. The van der Waals surface area contributed by atoms with Gasteiger partial charge in [-0.15, -0.1) is 0 Å². The summed E-state index contributed by atoms with van der Waals surface area (Å²) in [5, 5.41) is 14.8. The number of hydrogen-bond donors (Lipinski definition) is 5. The number of nitrogens with one attached hydrogen (secondary N) is 3. The van der Waals surface area contributed by atoms with Crippen molar-refractivity contribution in [2.24, 2.45) is 5.73 Å². The highest BCUT2D eigenvalue weighted by Crippen LogP contribution is 1.73. The molecule has 0 saturated heterocycles. The van der Waals surface area contributed by atoms with E-state index in [0.29, 0.717) is 0 Å². The Hall–Kier alpha value is -2.32. The van der Waals surface area contributed by atoms with Crippen LogP contribution in [0.2, 0.25) is 0 Å². The van der Waals surface area contributed by atoms with Crippen molar-refractivity contribution in [2.75, 3.05) is 19.6 Å². The van der Waals surface area contributed by atoms with Gasteiger partial charge in [0, 0.05) is 13.0 Å². The topological polar surface area (TPSA) is 151 Å². The standard InChI is InChI=1S/C8H14N4O5/c9-5(13)1-2-10-8(17)12-3-6(14)11-4-7(15)16/h1-4H2,(H2,9,13)(H,11,14)(H,15,16)(H2,10,12,17). The van der Waals surface area contributed by atoms with Crippen LogP contribution in [0.25, 0.3) is 0 Å². The SMILES string of the molecule is NC(=O)CCNC(=O)NCC(=O)NCC(=O)O. The van der Waals surface area contributed by atoms with Crippen LogP contribution >= 0.6 is 0 Å². The van der Waals surface area contributed by atoms with E-state index in [1.54, 1.807) is 0 Å². The third-order valence-corrected chi connectivity index (χ3v) is 1.50. The third kappa shape index (κ3) is 9.97. The maximum absolute atomic E-state index is 11.0. The molecule has 0 spiro atoms. The summed E-state index contributed by atoms with van der Waals surface area (Å²) in [7, 11) is 0. The molecule has 0 heterocycles. The molecule has 0 bridgehead atoms. The smallest absolute Gasteiger partial charge is 0.322 e. The zero-order valence-corrected chi connectivity index (χ0v) is 8.99. The number of aliphatic carboxylic acids is 1. The van der Waals surface area contributed by atoms with Crippen molar-refractivity contribution in [3.8, 4) is 0 Å². The summed E-state index contributed by atoms with van der Waals surface area (Å²) in [5.74, 6) is -2.36. The molecule has 0 aromatic carbocycles. The fourth-order valence-corrected chi connectivity index (χ4v) is 0.759. The first-order chi connectivity index (χ1) is 7.91. The number of nitrogens with two attached hydrogens (primary N) is 1. The fraction of sp³-hybridized carbons (Fsp3) is 0.500. The van der Waals surface area contributed by atoms with Gasteiger partial charge in [-0.2, -0.15) is 0 Å². The van der Waals surface area contributed by atoms with Gasteiger partial charge in [0.2, 0.25) is 11.8 Å². The number of primary amides is 1. The summed E-state index contributed by atoms with van der Waals surface area (Å²) in [6.45, 7) is -0.794. The molecule has 0 rings (SSSR count). The van der Waals surface area contributed by atoms with E-state index in [1.165, 1.54) is 0 Å². The van der Waals surface area contributed by atoms with Gasteiger partial charge in [0.15, 0.2) is 0 Å². The minimum atomic E-state index is -1.18. The van der Waals surface area contributed by atoms with Crippen molar-refractivity contribution < 1.29 is 24.3 Å². The van der Waals surface area contributed by atoms with Crippen LogP contribution in [-0.4, -0.2) is 48.6 Å². The van der Waals surface area contributed by atoms with E-state index in [2.05, 4.69) is 16.0 Å². The zero-order valence-electron chi connectivity index (χ0n) is 8.99. The molecule has 4 amide bonds. The molecule has 0 fully saturated rings. The van der Waals surface area contributed by atoms with Gasteiger partial charge < -0.3 is 26.8 Å². The molecule has 0 aliphatic rings. The van der Waals surface area contributed by atoms with Gasteiger partial charge in [0.05, 0.1) is 6.54 Å². The van der Waals surface area contributed by atoms with Gasteiger partial charge in [-0.05, 0) is 0 Å². The highest BCUT2D eigenvalue weighted by molar-refractivity contribution is 5.86. The molecule has 0 radical (unpaired) electrons. The van der Waals surface area contributed by atoms with Crippen LogP contribution in [0.5, 0.6) is 0 Å². The van der Waals surface area contributed by atoms with Gasteiger partial charge in [-0.1, -0.05) is 0 Å². The van der Waals surface area contributed by atoms with E-state index in [1.807, 2.05) is 0 Å². The van der Waals surface area contributed by atoms with Gasteiger partial charge in [-0.25, -0.2) is 4.79 Å². The minimum Gasteiger partial charge on any atom is -0.480 e. The lowest BCUT2D eigenvalue weighted by atomic mass is 10.4. The fourth-order valence-electron chi connectivity index (χ4n) is 0.759. The summed E-state index contributed by atoms with van der Waals surface area (Å²) in [4.78, 5) is 42.4. The van der Waals surface area contributed by atoms with Crippen LogP contribution in [-0.2, 0) is 14.4 Å². The number of carboxylic acid groups (broad SMARTS) is 1. The lowest BCUT2D eigenvalue weighted by molar-refractivity contribution is -0.137. The summed E-state index contributed by atoms with van der Waals surface area (Å²) >= 11 is 0. The second-order valence-corrected chi connectivity index (χ2v) is 3.00. The molecular weight excluding hydrogens is 232 g/mol. The second-order valence-electron chi connectivity index (χ2n) is 3.00. The van der Waals surface area contributed by atoms with Crippen LogP contribution in [0.15, 0.2) is 0 Å². The van der Waals surface area contributed by atoms with Crippen molar-refractivity contribution >= 4 is 23.8 Å². The van der Waals surface area contributed by atoms with Crippen LogP contribution < -0.4 is 21.7 Å². The number of hydrogen-bond acceptors (Lipinski definition) is 4. The molecule has 6 N–H and O–H groups in total. The average molecular weight is 246 g/mol. The van der Waals surface area contributed by atoms with Gasteiger partial charge in [-0.3, -0.25) is 14.4 Å². The Morgan fingerprint density at radius 2 is 1.65 bits per heavy atom. The van der Waals surface area contributed by atoms with E-state index in [4.69, 9.17) is 10.8 Å². The Labute approximate surface area is 96.7 Å². The molecule has 9 heteroatoms. The van der Waals surface area contributed by atoms with E-state index < -0.39 is 30.4 Å². The highest BCUT2D eigenvalue weighted by atomic mass is 16.4. The Morgan fingerprint density at radius 3 is 2.18 bits per heavy atom. The Balaban J connectivity index is 3.59. The first-order valence-corrected chi connectivity index (χ1v) is 4.70. The first kappa shape index (κ1) is 14.7.